The van der Waals surface area contributed by atoms with E-state index in [2.05, 4.69) is 30.2 Å². The lowest BCUT2D eigenvalue weighted by atomic mass is 9.97. The number of thioether (sulfide) groups is 1. The van der Waals surface area contributed by atoms with E-state index in [4.69, 9.17) is 0 Å². The van der Waals surface area contributed by atoms with Gasteiger partial charge in [-0.1, -0.05) is 55.9 Å². The Hall–Kier alpha value is -2.60. The summed E-state index contributed by atoms with van der Waals surface area (Å²) in [6.45, 7) is 8.55. The summed E-state index contributed by atoms with van der Waals surface area (Å²) in [5.74, 6) is 0.262. The normalized spacial score (nSPS) is 13.2. The SMILES string of the molecule is CC[C@H](C)c1ccccc1NC(=O)[C@@H](C)Sc1nc2ccccc2c(=O)n1CC. The lowest BCUT2D eigenvalue weighted by Crippen LogP contribution is -2.27. The van der Waals surface area contributed by atoms with Crippen molar-refractivity contribution in [2.45, 2.75) is 57.0 Å². The maximum atomic E-state index is 12.9. The van der Waals surface area contributed by atoms with E-state index in [1.54, 1.807) is 10.6 Å². The minimum atomic E-state index is -0.397. The second-order valence-corrected chi connectivity index (χ2v) is 8.41. The molecule has 3 aromatic rings. The lowest BCUT2D eigenvalue weighted by molar-refractivity contribution is -0.115. The van der Waals surface area contributed by atoms with Crippen molar-refractivity contribution in [1.29, 1.82) is 0 Å². The van der Waals surface area contributed by atoms with E-state index in [1.165, 1.54) is 11.8 Å². The fourth-order valence-corrected chi connectivity index (χ4v) is 4.20. The van der Waals surface area contributed by atoms with Crippen LogP contribution in [-0.4, -0.2) is 20.7 Å². The number of nitrogens with one attached hydrogen (secondary N) is 1. The molecule has 6 heteroatoms. The van der Waals surface area contributed by atoms with Crippen LogP contribution in [0.4, 0.5) is 5.69 Å². The summed E-state index contributed by atoms with van der Waals surface area (Å²) in [6, 6.07) is 15.2. The van der Waals surface area contributed by atoms with E-state index in [9.17, 15) is 9.59 Å². The van der Waals surface area contributed by atoms with Gasteiger partial charge >= 0.3 is 0 Å². The van der Waals surface area contributed by atoms with E-state index >= 15 is 0 Å². The Kier molecular flexibility index (Phi) is 6.75. The molecule has 0 aliphatic carbocycles. The zero-order valence-corrected chi connectivity index (χ0v) is 18.1. The predicted octanol–water partition coefficient (Wildman–Crippen LogP) is 5.05. The van der Waals surface area contributed by atoms with Crippen LogP contribution in [0.2, 0.25) is 0 Å². The molecule has 1 N–H and O–H groups in total. The monoisotopic (exact) mass is 409 g/mol. The Morgan fingerprint density at radius 1 is 1.10 bits per heavy atom. The molecule has 0 aliphatic rings. The van der Waals surface area contributed by atoms with Crippen LogP contribution in [0, 0.1) is 0 Å². The van der Waals surface area contributed by atoms with Crippen LogP contribution in [0.1, 0.15) is 45.6 Å². The molecule has 0 bridgehead atoms. The summed E-state index contributed by atoms with van der Waals surface area (Å²) in [7, 11) is 0. The van der Waals surface area contributed by atoms with Crippen molar-refractivity contribution in [1.82, 2.24) is 9.55 Å². The molecule has 0 radical (unpaired) electrons. The van der Waals surface area contributed by atoms with E-state index in [-0.39, 0.29) is 11.5 Å². The van der Waals surface area contributed by atoms with Gasteiger partial charge < -0.3 is 5.32 Å². The highest BCUT2D eigenvalue weighted by Crippen LogP contribution is 2.28. The zero-order valence-electron chi connectivity index (χ0n) is 17.3. The average Bonchev–Trinajstić information content (AvgIpc) is 2.73. The number of carbonyl (C=O) groups excluding carboxylic acids is 1. The van der Waals surface area contributed by atoms with Crippen LogP contribution in [0.25, 0.3) is 10.9 Å². The number of hydrogen-bond acceptors (Lipinski definition) is 4. The summed E-state index contributed by atoms with van der Waals surface area (Å²) in [6.07, 6.45) is 1.00. The number of benzene rings is 2. The molecule has 0 saturated carbocycles. The highest BCUT2D eigenvalue weighted by atomic mass is 32.2. The van der Waals surface area contributed by atoms with Crippen molar-refractivity contribution in [3.8, 4) is 0 Å². The maximum absolute atomic E-state index is 12.9. The van der Waals surface area contributed by atoms with Crippen molar-refractivity contribution in [2.24, 2.45) is 0 Å². The third kappa shape index (κ3) is 4.53. The van der Waals surface area contributed by atoms with Gasteiger partial charge in [-0.3, -0.25) is 14.2 Å². The molecule has 3 rings (SSSR count). The molecular formula is C23H27N3O2S. The molecule has 152 valence electrons. The average molecular weight is 410 g/mol. The maximum Gasteiger partial charge on any atom is 0.262 e. The standard InChI is InChI=1S/C23H27N3O2S/c1-5-15(3)17-11-7-9-13-19(17)24-21(27)16(4)29-23-25-20-14-10-8-12-18(20)22(28)26(23)6-2/h7-16H,5-6H2,1-4H3,(H,24,27)/t15-,16+/m0/s1. The van der Waals surface area contributed by atoms with E-state index in [1.807, 2.05) is 50.2 Å². The van der Waals surface area contributed by atoms with E-state index in [0.29, 0.717) is 28.5 Å². The number of rotatable bonds is 7. The quantitative estimate of drug-likeness (QED) is 0.438. The molecular weight excluding hydrogens is 382 g/mol. The number of fused-ring (bicyclic) bond motifs is 1. The Morgan fingerprint density at radius 3 is 2.52 bits per heavy atom. The molecule has 1 heterocycles. The van der Waals surface area contributed by atoms with Crippen molar-refractivity contribution in [3.63, 3.8) is 0 Å². The zero-order chi connectivity index (χ0) is 21.0. The second kappa shape index (κ2) is 9.27. The largest absolute Gasteiger partial charge is 0.325 e. The summed E-state index contributed by atoms with van der Waals surface area (Å²) in [4.78, 5) is 30.3. The molecule has 0 aliphatic heterocycles. The van der Waals surface area contributed by atoms with Crippen molar-refractivity contribution in [2.75, 3.05) is 5.32 Å². The summed E-state index contributed by atoms with van der Waals surface area (Å²) in [5, 5.41) is 3.82. The third-order valence-electron chi connectivity index (χ3n) is 5.16. The first-order valence-electron chi connectivity index (χ1n) is 10.0. The number of hydrogen-bond donors (Lipinski definition) is 1. The van der Waals surface area contributed by atoms with Gasteiger partial charge in [-0.05, 0) is 49.9 Å². The fraction of sp³-hybridized carbons (Fsp3) is 0.348. The smallest absolute Gasteiger partial charge is 0.262 e. The van der Waals surface area contributed by atoms with Crippen molar-refractivity contribution >= 4 is 34.3 Å². The third-order valence-corrected chi connectivity index (χ3v) is 6.25. The van der Waals surface area contributed by atoms with Crippen LogP contribution < -0.4 is 10.9 Å². The van der Waals surface area contributed by atoms with Crippen LogP contribution in [0.3, 0.4) is 0 Å². The van der Waals surface area contributed by atoms with E-state index in [0.717, 1.165) is 17.7 Å². The van der Waals surface area contributed by atoms with Gasteiger partial charge in [-0.2, -0.15) is 0 Å². The number of nitrogens with zero attached hydrogens (tertiary/aromatic N) is 2. The van der Waals surface area contributed by atoms with Crippen LogP contribution in [0.15, 0.2) is 58.5 Å². The van der Waals surface area contributed by atoms with E-state index < -0.39 is 5.25 Å². The van der Waals surface area contributed by atoms with Crippen molar-refractivity contribution in [3.05, 3.63) is 64.4 Å². The minimum Gasteiger partial charge on any atom is -0.325 e. The van der Waals surface area contributed by atoms with Gasteiger partial charge in [0.05, 0.1) is 16.2 Å². The molecule has 0 spiro atoms. The van der Waals surface area contributed by atoms with Crippen molar-refractivity contribution < 1.29 is 4.79 Å². The summed E-state index contributed by atoms with van der Waals surface area (Å²) >= 11 is 1.31. The molecule has 1 aromatic heterocycles. The van der Waals surface area contributed by atoms with Crippen LogP contribution in [0.5, 0.6) is 0 Å². The molecule has 2 atom stereocenters. The lowest BCUT2D eigenvalue weighted by Gasteiger charge is -2.18. The Balaban J connectivity index is 1.85. The summed E-state index contributed by atoms with van der Waals surface area (Å²) < 4.78 is 1.63. The summed E-state index contributed by atoms with van der Waals surface area (Å²) in [5.41, 5.74) is 2.56. The number of anilines is 1. The number of aromatic nitrogens is 2. The van der Waals surface area contributed by atoms with Gasteiger partial charge in [0.1, 0.15) is 0 Å². The molecule has 0 unspecified atom stereocenters. The highest BCUT2D eigenvalue weighted by molar-refractivity contribution is 8.00. The second-order valence-electron chi connectivity index (χ2n) is 7.11. The van der Waals surface area contributed by atoms with Crippen LogP contribution in [-0.2, 0) is 11.3 Å². The minimum absolute atomic E-state index is 0.0738. The highest BCUT2D eigenvalue weighted by Gasteiger charge is 2.20. The Bertz CT molecular complexity index is 1080. The molecule has 0 saturated heterocycles. The number of carbonyl (C=O) groups is 1. The fourth-order valence-electron chi connectivity index (χ4n) is 3.22. The van der Waals surface area contributed by atoms with Gasteiger partial charge in [-0.15, -0.1) is 0 Å². The topological polar surface area (TPSA) is 64.0 Å². The molecule has 2 aromatic carbocycles. The Morgan fingerprint density at radius 2 is 1.79 bits per heavy atom. The van der Waals surface area contributed by atoms with Gasteiger partial charge in [0.25, 0.3) is 5.56 Å². The first-order valence-corrected chi connectivity index (χ1v) is 10.9. The van der Waals surface area contributed by atoms with Gasteiger partial charge in [0.15, 0.2) is 5.16 Å². The van der Waals surface area contributed by atoms with Gasteiger partial charge in [-0.25, -0.2) is 4.98 Å². The first-order chi connectivity index (χ1) is 14.0. The van der Waals surface area contributed by atoms with Gasteiger partial charge in [0.2, 0.25) is 5.91 Å². The Labute approximate surface area is 175 Å². The predicted molar refractivity (Wildman–Crippen MR) is 121 cm³/mol. The van der Waals surface area contributed by atoms with Gasteiger partial charge in [0, 0.05) is 12.2 Å². The number of amides is 1. The number of para-hydroxylation sites is 2. The van der Waals surface area contributed by atoms with Crippen LogP contribution >= 0.6 is 11.8 Å². The molecule has 1 amide bonds. The molecule has 5 nitrogen and oxygen atoms in total. The molecule has 0 fully saturated rings. The first kappa shape index (κ1) is 21.1. The molecule has 29 heavy (non-hydrogen) atoms.